The predicted octanol–water partition coefficient (Wildman–Crippen LogP) is 4.00. The van der Waals surface area contributed by atoms with Crippen molar-refractivity contribution in [3.63, 3.8) is 0 Å². The fourth-order valence-corrected chi connectivity index (χ4v) is 4.88. The fraction of sp³-hybridized carbons (Fsp3) is 0.0526. The molecule has 26 heavy (non-hydrogen) atoms. The highest BCUT2D eigenvalue weighted by molar-refractivity contribution is 7.95. The van der Waals surface area contributed by atoms with Crippen LogP contribution in [0, 0.1) is 0 Å². The number of hydrogen-bond donors (Lipinski definition) is 2. The summed E-state index contributed by atoms with van der Waals surface area (Å²) in [5.41, 5.74) is 4.83. The standard InChI is InChI=1S/C19H14N4O2S/c1-11-10-26(24,25)19-8-15-16(4-5-20-18(15)7-14(11)19)22-13-3-2-12-9-21-23-17(12)6-13/h2-10H,1H3,(H,20,22)(H,21,23). The maximum atomic E-state index is 12.4. The number of H-pyrrole nitrogens is 1. The molecule has 128 valence electrons. The molecule has 0 spiro atoms. The van der Waals surface area contributed by atoms with Crippen molar-refractivity contribution in [2.45, 2.75) is 11.8 Å². The minimum Gasteiger partial charge on any atom is -0.355 e. The van der Waals surface area contributed by atoms with Crippen LogP contribution in [0.2, 0.25) is 0 Å². The normalized spacial score (nSPS) is 15.2. The molecule has 4 aromatic rings. The Morgan fingerprint density at radius 1 is 1.12 bits per heavy atom. The van der Waals surface area contributed by atoms with Crippen molar-refractivity contribution in [1.29, 1.82) is 0 Å². The minimum absolute atomic E-state index is 0.336. The van der Waals surface area contributed by atoms with Crippen LogP contribution >= 0.6 is 0 Å². The van der Waals surface area contributed by atoms with Gasteiger partial charge in [0.25, 0.3) is 0 Å². The molecule has 1 aliphatic heterocycles. The molecule has 0 radical (unpaired) electrons. The van der Waals surface area contributed by atoms with Crippen molar-refractivity contribution in [2.24, 2.45) is 0 Å². The SMILES string of the molecule is CC1=CS(=O)(=O)c2cc3c(Nc4ccc5cn[nH]c5c4)ccnc3cc21. The number of rotatable bonds is 2. The van der Waals surface area contributed by atoms with Crippen molar-refractivity contribution in [3.8, 4) is 0 Å². The number of aromatic nitrogens is 3. The van der Waals surface area contributed by atoms with Crippen LogP contribution in [-0.2, 0) is 9.84 Å². The van der Waals surface area contributed by atoms with E-state index in [4.69, 9.17) is 0 Å². The van der Waals surface area contributed by atoms with Gasteiger partial charge in [-0.2, -0.15) is 5.10 Å². The largest absolute Gasteiger partial charge is 0.355 e. The Balaban J connectivity index is 1.67. The third-order valence-corrected chi connectivity index (χ3v) is 6.24. The summed E-state index contributed by atoms with van der Waals surface area (Å²) in [5.74, 6) is 0. The van der Waals surface area contributed by atoms with E-state index in [0.29, 0.717) is 4.90 Å². The molecule has 0 saturated heterocycles. The Kier molecular flexibility index (Phi) is 2.99. The molecule has 0 aliphatic carbocycles. The Bertz CT molecular complexity index is 1340. The molecule has 0 bridgehead atoms. The van der Waals surface area contributed by atoms with E-state index < -0.39 is 9.84 Å². The summed E-state index contributed by atoms with van der Waals surface area (Å²) in [7, 11) is -3.39. The zero-order valence-electron chi connectivity index (χ0n) is 13.8. The van der Waals surface area contributed by atoms with Gasteiger partial charge in [-0.3, -0.25) is 10.1 Å². The molecule has 1 aliphatic rings. The molecule has 2 N–H and O–H groups in total. The molecule has 0 atom stereocenters. The van der Waals surface area contributed by atoms with Crippen LogP contribution in [0.4, 0.5) is 11.4 Å². The first-order chi connectivity index (χ1) is 12.5. The number of nitrogens with one attached hydrogen (secondary N) is 2. The van der Waals surface area contributed by atoms with Crippen molar-refractivity contribution in [1.82, 2.24) is 15.2 Å². The van der Waals surface area contributed by atoms with Gasteiger partial charge in [0.15, 0.2) is 0 Å². The summed E-state index contributed by atoms with van der Waals surface area (Å²) in [6.07, 6.45) is 3.48. The lowest BCUT2D eigenvalue weighted by Gasteiger charge is -2.11. The molecule has 0 fully saturated rings. The monoisotopic (exact) mass is 362 g/mol. The Hall–Kier alpha value is -3.19. The molecule has 2 aromatic carbocycles. The summed E-state index contributed by atoms with van der Waals surface area (Å²) in [6, 6.07) is 11.3. The summed E-state index contributed by atoms with van der Waals surface area (Å²) in [5, 5.41) is 13.4. The molecular weight excluding hydrogens is 348 g/mol. The number of hydrogen-bond acceptors (Lipinski definition) is 5. The van der Waals surface area contributed by atoms with Crippen LogP contribution in [0.25, 0.3) is 27.4 Å². The van der Waals surface area contributed by atoms with Crippen LogP contribution in [-0.4, -0.2) is 23.6 Å². The van der Waals surface area contributed by atoms with Gasteiger partial charge in [0.1, 0.15) is 0 Å². The van der Waals surface area contributed by atoms with Crippen molar-refractivity contribution in [2.75, 3.05) is 5.32 Å². The Labute approximate surface area is 149 Å². The second kappa shape index (κ2) is 5.15. The zero-order chi connectivity index (χ0) is 17.9. The number of aromatic amines is 1. The topological polar surface area (TPSA) is 87.7 Å². The smallest absolute Gasteiger partial charge is 0.200 e. The summed E-state index contributed by atoms with van der Waals surface area (Å²) in [4.78, 5) is 4.74. The van der Waals surface area contributed by atoms with Crippen LogP contribution in [0.3, 0.4) is 0 Å². The highest BCUT2D eigenvalue weighted by Gasteiger charge is 2.26. The van der Waals surface area contributed by atoms with E-state index in [1.807, 2.05) is 30.3 Å². The number of fused-ring (bicyclic) bond motifs is 3. The van der Waals surface area contributed by atoms with E-state index in [1.54, 1.807) is 25.4 Å². The van der Waals surface area contributed by atoms with E-state index in [2.05, 4.69) is 20.5 Å². The quantitative estimate of drug-likeness (QED) is 0.563. The van der Waals surface area contributed by atoms with E-state index >= 15 is 0 Å². The number of anilines is 2. The molecule has 2 aromatic heterocycles. The fourth-order valence-electron chi connectivity index (χ4n) is 3.36. The molecule has 0 amide bonds. The summed E-state index contributed by atoms with van der Waals surface area (Å²) >= 11 is 0. The highest BCUT2D eigenvalue weighted by atomic mass is 32.2. The number of pyridine rings is 1. The van der Waals surface area contributed by atoms with Gasteiger partial charge in [0.2, 0.25) is 9.84 Å². The molecule has 5 rings (SSSR count). The lowest BCUT2D eigenvalue weighted by atomic mass is 10.1. The van der Waals surface area contributed by atoms with Gasteiger partial charge in [0.05, 0.1) is 22.1 Å². The molecular formula is C19H14N4O2S. The first-order valence-corrected chi connectivity index (χ1v) is 9.63. The first kappa shape index (κ1) is 15.1. The molecule has 0 saturated carbocycles. The van der Waals surface area contributed by atoms with E-state index in [9.17, 15) is 8.42 Å². The maximum Gasteiger partial charge on any atom is 0.200 e. The van der Waals surface area contributed by atoms with Crippen LogP contribution in [0.15, 0.2) is 59.1 Å². The average molecular weight is 362 g/mol. The van der Waals surface area contributed by atoms with Gasteiger partial charge in [-0.15, -0.1) is 0 Å². The molecule has 7 heteroatoms. The van der Waals surface area contributed by atoms with E-state index in [1.165, 1.54) is 5.41 Å². The first-order valence-electron chi connectivity index (χ1n) is 8.08. The van der Waals surface area contributed by atoms with Gasteiger partial charge < -0.3 is 5.32 Å². The Morgan fingerprint density at radius 3 is 2.88 bits per heavy atom. The number of allylic oxidation sites excluding steroid dienone is 1. The lowest BCUT2D eigenvalue weighted by Crippen LogP contribution is -1.97. The molecule has 6 nitrogen and oxygen atoms in total. The molecule has 3 heterocycles. The Morgan fingerprint density at radius 2 is 2.00 bits per heavy atom. The number of nitrogens with zero attached hydrogens (tertiary/aromatic N) is 2. The third-order valence-electron chi connectivity index (χ3n) is 4.63. The van der Waals surface area contributed by atoms with Crippen LogP contribution < -0.4 is 5.32 Å². The van der Waals surface area contributed by atoms with Gasteiger partial charge in [-0.05, 0) is 54.5 Å². The van der Waals surface area contributed by atoms with Gasteiger partial charge in [-0.25, -0.2) is 8.42 Å². The summed E-state index contributed by atoms with van der Waals surface area (Å²) < 4.78 is 24.7. The summed E-state index contributed by atoms with van der Waals surface area (Å²) in [6.45, 7) is 1.80. The maximum absolute atomic E-state index is 12.4. The van der Waals surface area contributed by atoms with Crippen LogP contribution in [0.5, 0.6) is 0 Å². The van der Waals surface area contributed by atoms with E-state index in [-0.39, 0.29) is 0 Å². The lowest BCUT2D eigenvalue weighted by molar-refractivity contribution is 0.605. The second-order valence-electron chi connectivity index (χ2n) is 6.37. The van der Waals surface area contributed by atoms with Crippen molar-refractivity contribution < 1.29 is 8.42 Å². The van der Waals surface area contributed by atoms with Crippen molar-refractivity contribution >= 4 is 48.6 Å². The van der Waals surface area contributed by atoms with Crippen LogP contribution in [0.1, 0.15) is 12.5 Å². The van der Waals surface area contributed by atoms with Gasteiger partial charge in [-0.1, -0.05) is 0 Å². The molecule has 0 unspecified atom stereocenters. The predicted molar refractivity (Wildman–Crippen MR) is 102 cm³/mol. The second-order valence-corrected chi connectivity index (χ2v) is 8.13. The number of benzene rings is 2. The van der Waals surface area contributed by atoms with Gasteiger partial charge in [0, 0.05) is 33.8 Å². The van der Waals surface area contributed by atoms with E-state index in [0.717, 1.165) is 44.3 Å². The third kappa shape index (κ3) is 2.21. The van der Waals surface area contributed by atoms with Gasteiger partial charge >= 0.3 is 0 Å². The minimum atomic E-state index is -3.39. The van der Waals surface area contributed by atoms with Crippen molar-refractivity contribution in [3.05, 3.63) is 59.8 Å². The highest BCUT2D eigenvalue weighted by Crippen LogP contribution is 2.37. The zero-order valence-corrected chi connectivity index (χ0v) is 14.6. The number of sulfone groups is 1. The average Bonchev–Trinajstić information content (AvgIpc) is 3.16.